The molecule has 1 saturated heterocycles. The summed E-state index contributed by atoms with van der Waals surface area (Å²) in [6.07, 6.45) is 10.5. The zero-order valence-electron chi connectivity index (χ0n) is 27.7. The number of carboxylic acids is 2. The molecule has 49 heavy (non-hydrogen) atoms. The SMILES string of the molecule is C=CC(C1=CC(=O)C=CC1=O)c1ccccc1.CN1CCCC1CCOC(C)(c1ccccc1)c1ccc(Cl)cc1.O=C(O)C=CC(=O)O. The van der Waals surface area contributed by atoms with Crippen molar-refractivity contribution >= 4 is 35.1 Å². The molecule has 0 aromatic heterocycles. The Labute approximate surface area is 292 Å². The minimum Gasteiger partial charge on any atom is -0.478 e. The Bertz CT molecular complexity index is 1650. The summed E-state index contributed by atoms with van der Waals surface area (Å²) in [6, 6.07) is 28.6. The van der Waals surface area contributed by atoms with E-state index in [9.17, 15) is 19.2 Å². The fourth-order valence-electron chi connectivity index (χ4n) is 5.62. The molecule has 3 aromatic rings. The van der Waals surface area contributed by atoms with E-state index in [4.69, 9.17) is 26.6 Å². The summed E-state index contributed by atoms with van der Waals surface area (Å²) >= 11 is 6.07. The number of allylic oxidation sites excluding steroid dienone is 5. The average Bonchev–Trinajstić information content (AvgIpc) is 3.51. The van der Waals surface area contributed by atoms with E-state index in [0.29, 0.717) is 23.8 Å². The van der Waals surface area contributed by atoms with Crippen LogP contribution in [0.15, 0.2) is 134 Å². The van der Waals surface area contributed by atoms with Gasteiger partial charge in [-0.25, -0.2) is 9.59 Å². The highest BCUT2D eigenvalue weighted by Crippen LogP contribution is 2.34. The summed E-state index contributed by atoms with van der Waals surface area (Å²) < 4.78 is 6.48. The Morgan fingerprint density at radius 1 is 0.939 bits per heavy atom. The number of nitrogens with zero attached hydrogens (tertiary/aromatic N) is 1. The molecule has 1 aliphatic carbocycles. The van der Waals surface area contributed by atoms with Crippen LogP contribution in [0.2, 0.25) is 5.02 Å². The maximum Gasteiger partial charge on any atom is 0.328 e. The Morgan fingerprint density at radius 2 is 1.51 bits per heavy atom. The lowest BCUT2D eigenvalue weighted by molar-refractivity contribution is -0.134. The van der Waals surface area contributed by atoms with Crippen LogP contribution in [0.3, 0.4) is 0 Å². The van der Waals surface area contributed by atoms with E-state index in [-0.39, 0.29) is 17.5 Å². The third-order valence-corrected chi connectivity index (χ3v) is 8.56. The van der Waals surface area contributed by atoms with Gasteiger partial charge < -0.3 is 19.8 Å². The van der Waals surface area contributed by atoms with Crippen LogP contribution < -0.4 is 0 Å². The lowest BCUT2D eigenvalue weighted by Gasteiger charge is -2.32. The van der Waals surface area contributed by atoms with E-state index >= 15 is 0 Å². The van der Waals surface area contributed by atoms with Crippen LogP contribution >= 0.6 is 11.6 Å². The molecule has 256 valence electrons. The first-order chi connectivity index (χ1) is 23.4. The molecule has 2 N–H and O–H groups in total. The molecule has 0 radical (unpaired) electrons. The molecule has 0 bridgehead atoms. The maximum atomic E-state index is 11.8. The highest BCUT2D eigenvalue weighted by molar-refractivity contribution is 6.30. The van der Waals surface area contributed by atoms with Gasteiger partial charge in [-0.3, -0.25) is 9.59 Å². The first-order valence-corrected chi connectivity index (χ1v) is 16.3. The van der Waals surface area contributed by atoms with E-state index < -0.39 is 17.5 Å². The largest absolute Gasteiger partial charge is 0.478 e. The number of carboxylic acid groups (broad SMARTS) is 2. The van der Waals surface area contributed by atoms with E-state index in [1.807, 2.05) is 48.5 Å². The smallest absolute Gasteiger partial charge is 0.328 e. The van der Waals surface area contributed by atoms with Gasteiger partial charge >= 0.3 is 11.9 Å². The van der Waals surface area contributed by atoms with Gasteiger partial charge in [-0.15, -0.1) is 6.58 Å². The topological polar surface area (TPSA) is 121 Å². The number of aliphatic carboxylic acids is 2. The number of likely N-dealkylation sites (tertiary alicyclic amines) is 1. The standard InChI is InChI=1S/C21H26ClNO.C15H12O2.C4H4O4/c1-21(17-7-4-3-5-8-17,18-10-12-19(22)13-11-18)24-16-14-20-9-6-15-23(20)2;1-2-13(11-6-4-3-5-7-11)14-10-12(16)8-9-15(14)17;5-3(6)1-2-4(7)8/h3-5,7-8,10-13,20H,6,9,14-16H2,1-2H3;2-10,13H,1H2;1-2H,(H,5,6)(H,7,8). The molecule has 1 fully saturated rings. The van der Waals surface area contributed by atoms with E-state index in [2.05, 4.69) is 61.8 Å². The fraction of sp³-hybridized carbons (Fsp3) is 0.250. The summed E-state index contributed by atoms with van der Waals surface area (Å²) in [5.74, 6) is -3.02. The number of hydrogen-bond donors (Lipinski definition) is 2. The van der Waals surface area contributed by atoms with Gasteiger partial charge in [0.2, 0.25) is 0 Å². The number of rotatable bonds is 11. The van der Waals surface area contributed by atoms with Crippen LogP contribution in [0.5, 0.6) is 0 Å². The van der Waals surface area contributed by atoms with Crippen molar-refractivity contribution in [3.8, 4) is 0 Å². The number of hydrogen-bond acceptors (Lipinski definition) is 6. The van der Waals surface area contributed by atoms with Crippen molar-refractivity contribution in [2.24, 2.45) is 0 Å². The highest BCUT2D eigenvalue weighted by atomic mass is 35.5. The molecular formula is C40H42ClNO7. The number of carbonyl (C=O) groups excluding carboxylic acids is 2. The molecule has 9 heteroatoms. The summed E-state index contributed by atoms with van der Waals surface area (Å²) in [5, 5.41) is 16.4. The molecule has 0 spiro atoms. The van der Waals surface area contributed by atoms with Crippen molar-refractivity contribution in [3.05, 3.63) is 155 Å². The van der Waals surface area contributed by atoms with Gasteiger partial charge in [-0.2, -0.15) is 0 Å². The number of halogens is 1. The molecule has 1 heterocycles. The Hall–Kier alpha value is -4.89. The fourth-order valence-corrected chi connectivity index (χ4v) is 5.74. The number of ether oxygens (including phenoxy) is 1. The summed E-state index contributed by atoms with van der Waals surface area (Å²) in [6.45, 7) is 7.86. The molecule has 8 nitrogen and oxygen atoms in total. The van der Waals surface area contributed by atoms with Gasteiger partial charge in [0.25, 0.3) is 0 Å². The second kappa shape index (κ2) is 19.2. The van der Waals surface area contributed by atoms with Gasteiger partial charge in [0.15, 0.2) is 11.6 Å². The number of benzene rings is 3. The van der Waals surface area contributed by atoms with Crippen molar-refractivity contribution in [2.75, 3.05) is 20.2 Å². The van der Waals surface area contributed by atoms with Crippen LogP contribution in [0.4, 0.5) is 0 Å². The van der Waals surface area contributed by atoms with Crippen molar-refractivity contribution in [1.29, 1.82) is 0 Å². The predicted octanol–water partition coefficient (Wildman–Crippen LogP) is 7.41. The molecule has 0 amide bonds. The Balaban J connectivity index is 0.000000226. The highest BCUT2D eigenvalue weighted by Gasteiger charge is 2.31. The van der Waals surface area contributed by atoms with Gasteiger partial charge in [0.05, 0.1) is 0 Å². The Kier molecular flexibility index (Phi) is 15.1. The Morgan fingerprint density at radius 3 is 2.04 bits per heavy atom. The zero-order valence-corrected chi connectivity index (χ0v) is 28.5. The summed E-state index contributed by atoms with van der Waals surface area (Å²) in [4.78, 5) is 44.6. The molecule has 1 aliphatic heterocycles. The van der Waals surface area contributed by atoms with Crippen LogP contribution in [0.1, 0.15) is 48.8 Å². The van der Waals surface area contributed by atoms with Crippen LogP contribution in [0.25, 0.3) is 0 Å². The number of ketones is 2. The van der Waals surface area contributed by atoms with Crippen molar-refractivity contribution < 1.29 is 34.1 Å². The lowest BCUT2D eigenvalue weighted by Crippen LogP contribution is -2.31. The number of carbonyl (C=O) groups is 4. The van der Waals surface area contributed by atoms with E-state index in [1.54, 1.807) is 6.08 Å². The molecular weight excluding hydrogens is 642 g/mol. The normalized spacial score (nSPS) is 17.5. The summed E-state index contributed by atoms with van der Waals surface area (Å²) in [5.41, 5.74) is 3.30. The van der Waals surface area contributed by atoms with E-state index in [0.717, 1.165) is 29.2 Å². The summed E-state index contributed by atoms with van der Waals surface area (Å²) in [7, 11) is 2.22. The first kappa shape index (κ1) is 38.6. The van der Waals surface area contributed by atoms with Crippen LogP contribution in [-0.2, 0) is 29.5 Å². The van der Waals surface area contributed by atoms with Gasteiger partial charge in [-0.1, -0.05) is 90.5 Å². The molecule has 3 unspecified atom stereocenters. The molecule has 5 rings (SSSR count). The quantitative estimate of drug-likeness (QED) is 0.122. The lowest BCUT2D eigenvalue weighted by atomic mass is 9.86. The van der Waals surface area contributed by atoms with Crippen LogP contribution in [0, 0.1) is 0 Å². The third kappa shape index (κ3) is 11.9. The first-order valence-electron chi connectivity index (χ1n) is 15.9. The van der Waals surface area contributed by atoms with Crippen molar-refractivity contribution in [2.45, 2.75) is 43.7 Å². The average molecular weight is 684 g/mol. The van der Waals surface area contributed by atoms with Crippen molar-refractivity contribution in [3.63, 3.8) is 0 Å². The van der Waals surface area contributed by atoms with Gasteiger partial charge in [-0.05, 0) is 86.8 Å². The van der Waals surface area contributed by atoms with Gasteiger partial charge in [0.1, 0.15) is 5.60 Å². The monoisotopic (exact) mass is 683 g/mol. The minimum absolute atomic E-state index is 0.127. The second-order valence-electron chi connectivity index (χ2n) is 11.7. The molecule has 0 saturated carbocycles. The zero-order chi connectivity index (χ0) is 35.8. The molecule has 3 aromatic carbocycles. The van der Waals surface area contributed by atoms with Crippen molar-refractivity contribution in [1.82, 2.24) is 4.90 Å². The second-order valence-corrected chi connectivity index (χ2v) is 12.1. The molecule has 3 atom stereocenters. The van der Waals surface area contributed by atoms with E-state index in [1.165, 1.54) is 43.2 Å². The third-order valence-electron chi connectivity index (χ3n) is 8.31. The maximum absolute atomic E-state index is 11.8. The van der Waals surface area contributed by atoms with Crippen LogP contribution in [-0.4, -0.2) is 64.9 Å². The minimum atomic E-state index is -1.26. The van der Waals surface area contributed by atoms with Gasteiger partial charge in [0, 0.05) is 41.3 Å². The molecule has 2 aliphatic rings. The predicted molar refractivity (Wildman–Crippen MR) is 192 cm³/mol.